The molecule has 1 aliphatic heterocycles. The predicted molar refractivity (Wildman–Crippen MR) is 139 cm³/mol. The zero-order valence-electron chi connectivity index (χ0n) is 19.9. The lowest BCUT2D eigenvalue weighted by Crippen LogP contribution is -2.26. The third kappa shape index (κ3) is 2.81. The Bertz CT molecular complexity index is 1770. The van der Waals surface area contributed by atoms with Gasteiger partial charge in [-0.3, -0.25) is 4.57 Å². The maximum absolute atomic E-state index is 6.37. The van der Waals surface area contributed by atoms with Gasteiger partial charge in [0.2, 0.25) is 0 Å². The molecule has 35 heavy (non-hydrogen) atoms. The van der Waals surface area contributed by atoms with E-state index in [0.29, 0.717) is 0 Å². The van der Waals surface area contributed by atoms with Gasteiger partial charge in [0.05, 0.1) is 11.0 Å². The number of ether oxygens (including phenoxy) is 1. The first-order valence-corrected chi connectivity index (χ1v) is 11.8. The molecular formula is C30H24N4O. The molecule has 4 heterocycles. The summed E-state index contributed by atoms with van der Waals surface area (Å²) in [4.78, 5) is 9.30. The van der Waals surface area contributed by atoms with Gasteiger partial charge in [0.15, 0.2) is 0 Å². The SMILES string of the molecule is Cn1ccnc1-c1cccc(Oc2ccc3c4cccc5c4n(c3c2)-c2ncccc2C5(C)C)c1. The van der Waals surface area contributed by atoms with Crippen LogP contribution >= 0.6 is 0 Å². The zero-order chi connectivity index (χ0) is 23.7. The van der Waals surface area contributed by atoms with Crippen LogP contribution in [-0.2, 0) is 12.5 Å². The van der Waals surface area contributed by atoms with Gasteiger partial charge in [0.1, 0.15) is 23.1 Å². The lowest BCUT2D eigenvalue weighted by Gasteiger charge is -2.33. The maximum atomic E-state index is 6.37. The molecule has 7 rings (SSSR count). The molecule has 0 aliphatic carbocycles. The number of nitrogens with zero attached hydrogens (tertiary/aromatic N) is 4. The third-order valence-corrected chi connectivity index (χ3v) is 7.25. The van der Waals surface area contributed by atoms with Crippen molar-refractivity contribution in [2.75, 3.05) is 0 Å². The molecule has 0 atom stereocenters. The maximum Gasteiger partial charge on any atom is 0.141 e. The lowest BCUT2D eigenvalue weighted by molar-refractivity contribution is 0.483. The Kier molecular flexibility index (Phi) is 4.04. The Morgan fingerprint density at radius 1 is 0.771 bits per heavy atom. The van der Waals surface area contributed by atoms with Gasteiger partial charge in [-0.1, -0.05) is 50.2 Å². The molecule has 1 aliphatic rings. The van der Waals surface area contributed by atoms with Crippen LogP contribution in [0.15, 0.2) is 91.4 Å². The molecule has 0 unspecified atom stereocenters. The molecular weight excluding hydrogens is 432 g/mol. The summed E-state index contributed by atoms with van der Waals surface area (Å²) in [6.07, 6.45) is 5.63. The van der Waals surface area contributed by atoms with Crippen LogP contribution in [0.4, 0.5) is 0 Å². The molecule has 0 N–H and O–H groups in total. The fourth-order valence-corrected chi connectivity index (χ4v) is 5.52. The van der Waals surface area contributed by atoms with E-state index in [4.69, 9.17) is 9.72 Å². The Balaban J connectivity index is 1.41. The zero-order valence-corrected chi connectivity index (χ0v) is 19.9. The van der Waals surface area contributed by atoms with Crippen LogP contribution in [0.2, 0.25) is 0 Å². The molecule has 0 amide bonds. The molecule has 0 saturated carbocycles. The molecule has 170 valence electrons. The van der Waals surface area contributed by atoms with E-state index in [0.717, 1.165) is 34.2 Å². The standard InChI is InChI=1S/C30H24N4O/c1-30(2)24-10-5-9-23-22-13-12-21(18-26(22)34(27(23)24)29-25(30)11-6-14-31-29)35-20-8-4-7-19(17-20)28-32-15-16-33(28)3/h4-18H,1-3H3. The average Bonchev–Trinajstić information content (AvgIpc) is 3.44. The molecule has 3 aromatic heterocycles. The van der Waals surface area contributed by atoms with Gasteiger partial charge < -0.3 is 9.30 Å². The minimum Gasteiger partial charge on any atom is -0.457 e. The fraction of sp³-hybridized carbons (Fsp3) is 0.133. The Morgan fingerprint density at radius 3 is 2.46 bits per heavy atom. The number of hydrogen-bond donors (Lipinski definition) is 0. The van der Waals surface area contributed by atoms with Gasteiger partial charge in [-0.05, 0) is 35.9 Å². The summed E-state index contributed by atoms with van der Waals surface area (Å²) >= 11 is 0. The Hall–Kier alpha value is -4.38. The second kappa shape index (κ2) is 7.06. The number of rotatable bonds is 3. The highest BCUT2D eigenvalue weighted by Crippen LogP contribution is 2.47. The van der Waals surface area contributed by atoms with Crippen LogP contribution in [0.25, 0.3) is 39.0 Å². The van der Waals surface area contributed by atoms with Gasteiger partial charge in [0, 0.05) is 59.0 Å². The second-order valence-electron chi connectivity index (χ2n) is 9.71. The van der Waals surface area contributed by atoms with Crippen molar-refractivity contribution >= 4 is 21.8 Å². The summed E-state index contributed by atoms with van der Waals surface area (Å²) in [5.74, 6) is 3.47. The van der Waals surface area contributed by atoms with E-state index in [1.165, 1.54) is 27.4 Å². The van der Waals surface area contributed by atoms with E-state index in [9.17, 15) is 0 Å². The van der Waals surface area contributed by atoms with Gasteiger partial charge >= 0.3 is 0 Å². The molecule has 3 aromatic carbocycles. The number of pyridine rings is 1. The highest BCUT2D eigenvalue weighted by atomic mass is 16.5. The average molecular weight is 457 g/mol. The van der Waals surface area contributed by atoms with Crippen molar-refractivity contribution in [3.63, 3.8) is 0 Å². The second-order valence-corrected chi connectivity index (χ2v) is 9.71. The van der Waals surface area contributed by atoms with Gasteiger partial charge in [0.25, 0.3) is 0 Å². The summed E-state index contributed by atoms with van der Waals surface area (Å²) in [6.45, 7) is 4.57. The summed E-state index contributed by atoms with van der Waals surface area (Å²) < 4.78 is 10.7. The summed E-state index contributed by atoms with van der Waals surface area (Å²) in [6, 6.07) is 25.2. The fourth-order valence-electron chi connectivity index (χ4n) is 5.52. The van der Waals surface area contributed by atoms with Crippen molar-refractivity contribution in [1.29, 1.82) is 0 Å². The highest BCUT2D eigenvalue weighted by Gasteiger charge is 2.35. The lowest BCUT2D eigenvalue weighted by atomic mass is 9.76. The number of aryl methyl sites for hydroxylation is 1. The van der Waals surface area contributed by atoms with Crippen molar-refractivity contribution in [3.05, 3.63) is 103 Å². The van der Waals surface area contributed by atoms with E-state index in [1.54, 1.807) is 6.20 Å². The van der Waals surface area contributed by atoms with Crippen LogP contribution in [0.3, 0.4) is 0 Å². The van der Waals surface area contributed by atoms with Gasteiger partial charge in [-0.2, -0.15) is 0 Å². The van der Waals surface area contributed by atoms with Crippen LogP contribution in [-0.4, -0.2) is 19.1 Å². The molecule has 5 nitrogen and oxygen atoms in total. The Morgan fingerprint density at radius 2 is 1.60 bits per heavy atom. The van der Waals surface area contributed by atoms with Crippen LogP contribution in [0.5, 0.6) is 11.5 Å². The van der Waals surface area contributed by atoms with Gasteiger partial charge in [-0.15, -0.1) is 0 Å². The summed E-state index contributed by atoms with van der Waals surface area (Å²) in [5.41, 5.74) is 5.76. The first-order chi connectivity index (χ1) is 17.0. The molecule has 0 spiro atoms. The molecule has 0 fully saturated rings. The van der Waals surface area contributed by atoms with Crippen LogP contribution in [0, 0.1) is 0 Å². The van der Waals surface area contributed by atoms with Crippen molar-refractivity contribution in [2.24, 2.45) is 7.05 Å². The Labute approximate surface area is 203 Å². The molecule has 0 radical (unpaired) electrons. The van der Waals surface area contributed by atoms with E-state index in [-0.39, 0.29) is 5.41 Å². The summed E-state index contributed by atoms with van der Waals surface area (Å²) in [7, 11) is 1.99. The number of imidazole rings is 1. The smallest absolute Gasteiger partial charge is 0.141 e. The number of fused-ring (bicyclic) bond motifs is 5. The summed E-state index contributed by atoms with van der Waals surface area (Å²) in [5, 5.41) is 2.44. The third-order valence-electron chi connectivity index (χ3n) is 7.25. The largest absolute Gasteiger partial charge is 0.457 e. The number of para-hydroxylation sites is 1. The first kappa shape index (κ1) is 20.0. The van der Waals surface area contributed by atoms with Crippen molar-refractivity contribution in [3.8, 4) is 28.7 Å². The highest BCUT2D eigenvalue weighted by molar-refractivity contribution is 6.11. The first-order valence-electron chi connectivity index (χ1n) is 11.8. The topological polar surface area (TPSA) is 44.9 Å². The van der Waals surface area contributed by atoms with Crippen LogP contribution < -0.4 is 4.74 Å². The van der Waals surface area contributed by atoms with Crippen molar-refractivity contribution < 1.29 is 4.74 Å². The number of benzene rings is 3. The van der Waals surface area contributed by atoms with Crippen molar-refractivity contribution in [2.45, 2.75) is 19.3 Å². The molecule has 6 aromatic rings. The molecule has 5 heteroatoms. The number of aromatic nitrogens is 4. The molecule has 0 bridgehead atoms. The minimum atomic E-state index is -0.127. The normalized spacial score (nSPS) is 13.8. The van der Waals surface area contributed by atoms with E-state index >= 15 is 0 Å². The molecule has 0 saturated heterocycles. The number of hydrogen-bond acceptors (Lipinski definition) is 3. The van der Waals surface area contributed by atoms with E-state index < -0.39 is 0 Å². The van der Waals surface area contributed by atoms with Gasteiger partial charge in [-0.25, -0.2) is 9.97 Å². The van der Waals surface area contributed by atoms with Crippen molar-refractivity contribution in [1.82, 2.24) is 19.1 Å². The predicted octanol–water partition coefficient (Wildman–Crippen LogP) is 7.01. The minimum absolute atomic E-state index is 0.127. The van der Waals surface area contributed by atoms with E-state index in [2.05, 4.69) is 65.9 Å². The quantitative estimate of drug-likeness (QED) is 0.288. The van der Waals surface area contributed by atoms with E-state index in [1.807, 2.05) is 54.3 Å². The van der Waals surface area contributed by atoms with Crippen LogP contribution in [0.1, 0.15) is 25.0 Å². The monoisotopic (exact) mass is 456 g/mol.